The Morgan fingerprint density at radius 2 is 1.48 bits per heavy atom. The molecule has 4 nitrogen and oxygen atoms in total. The molecule has 0 spiro atoms. The minimum absolute atomic E-state index is 0.130. The second kappa shape index (κ2) is 7.08. The number of likely N-dealkylation sites (tertiary alicyclic amines) is 1. The van der Waals surface area contributed by atoms with Gasteiger partial charge < -0.3 is 9.80 Å². The Balaban J connectivity index is 1.77. The summed E-state index contributed by atoms with van der Waals surface area (Å²) in [6.45, 7) is 12.0. The molecule has 1 amide bonds. The molecule has 0 bridgehead atoms. The van der Waals surface area contributed by atoms with Gasteiger partial charge in [0.25, 0.3) is 0 Å². The highest BCUT2D eigenvalue weighted by molar-refractivity contribution is 5.81. The van der Waals surface area contributed by atoms with Crippen LogP contribution in [-0.2, 0) is 10.3 Å². The first kappa shape index (κ1) is 18.4. The van der Waals surface area contributed by atoms with Crippen molar-refractivity contribution in [3.63, 3.8) is 0 Å². The summed E-state index contributed by atoms with van der Waals surface area (Å²) in [5.74, 6) is 0.282. The Kier molecular flexibility index (Phi) is 5.21. The van der Waals surface area contributed by atoms with E-state index in [0.29, 0.717) is 0 Å². The molecule has 0 aliphatic carbocycles. The molecule has 0 saturated carbocycles. The zero-order chi connectivity index (χ0) is 18.1. The summed E-state index contributed by atoms with van der Waals surface area (Å²) in [5.41, 5.74) is 1.29. The third-order valence-electron chi connectivity index (χ3n) is 5.94. The van der Waals surface area contributed by atoms with Crippen LogP contribution in [0.3, 0.4) is 0 Å². The minimum Gasteiger partial charge on any atom is -0.340 e. The number of amides is 1. The normalized spacial score (nSPS) is 22.8. The van der Waals surface area contributed by atoms with Crippen LogP contribution in [0.15, 0.2) is 30.3 Å². The molecule has 2 aliphatic rings. The van der Waals surface area contributed by atoms with E-state index in [4.69, 9.17) is 0 Å². The van der Waals surface area contributed by atoms with Gasteiger partial charge in [-0.15, -0.1) is 0 Å². The molecule has 2 heterocycles. The van der Waals surface area contributed by atoms with Crippen molar-refractivity contribution < 1.29 is 4.79 Å². The van der Waals surface area contributed by atoms with Gasteiger partial charge in [-0.3, -0.25) is 9.69 Å². The maximum absolute atomic E-state index is 12.6. The highest BCUT2D eigenvalue weighted by Gasteiger charge is 2.42. The zero-order valence-electron chi connectivity index (χ0n) is 16.3. The molecule has 0 unspecified atom stereocenters. The third kappa shape index (κ3) is 3.75. The molecule has 1 aromatic rings. The van der Waals surface area contributed by atoms with Gasteiger partial charge >= 0.3 is 0 Å². The molecule has 0 radical (unpaired) electrons. The lowest BCUT2D eigenvalue weighted by molar-refractivity contribution is -0.142. The fourth-order valence-corrected chi connectivity index (χ4v) is 4.34. The molecule has 0 atom stereocenters. The topological polar surface area (TPSA) is 26.8 Å². The van der Waals surface area contributed by atoms with Crippen molar-refractivity contribution >= 4 is 5.91 Å². The number of carbonyl (C=O) groups excluding carboxylic acids is 1. The summed E-state index contributed by atoms with van der Waals surface area (Å²) in [5, 5.41) is 0. The maximum atomic E-state index is 12.6. The molecule has 0 aromatic heterocycles. The summed E-state index contributed by atoms with van der Waals surface area (Å²) in [7, 11) is 2.22. The summed E-state index contributed by atoms with van der Waals surface area (Å²) >= 11 is 0. The van der Waals surface area contributed by atoms with E-state index < -0.39 is 0 Å². The Morgan fingerprint density at radius 3 is 2.00 bits per heavy atom. The average molecular weight is 344 g/mol. The number of carbonyl (C=O) groups is 1. The van der Waals surface area contributed by atoms with Gasteiger partial charge in [-0.1, -0.05) is 51.1 Å². The van der Waals surface area contributed by atoms with Crippen LogP contribution in [0.4, 0.5) is 0 Å². The Morgan fingerprint density at radius 1 is 0.920 bits per heavy atom. The largest absolute Gasteiger partial charge is 0.340 e. The van der Waals surface area contributed by atoms with Crippen LogP contribution in [0.5, 0.6) is 0 Å². The van der Waals surface area contributed by atoms with E-state index in [1.165, 1.54) is 18.4 Å². The molecule has 138 valence electrons. The Bertz CT molecular complexity index is 577. The summed E-state index contributed by atoms with van der Waals surface area (Å²) in [6, 6.07) is 11.0. The van der Waals surface area contributed by atoms with Gasteiger partial charge in [-0.05, 0) is 38.5 Å². The standard InChI is InChI=1S/C21H33N3O/c1-20(2,3)19(25)23-14-16-24(17-15-23)21(10-12-22(4)13-11-21)18-8-6-5-7-9-18/h5-9H,10-17H2,1-4H3. The maximum Gasteiger partial charge on any atom is 0.228 e. The molecule has 2 aliphatic heterocycles. The molecule has 4 heteroatoms. The highest BCUT2D eigenvalue weighted by Crippen LogP contribution is 2.39. The number of hydrogen-bond acceptors (Lipinski definition) is 3. The number of piperazine rings is 1. The van der Waals surface area contributed by atoms with Crippen molar-refractivity contribution in [2.24, 2.45) is 5.41 Å². The quantitative estimate of drug-likeness (QED) is 0.826. The van der Waals surface area contributed by atoms with Gasteiger partial charge in [0.2, 0.25) is 5.91 Å². The molecule has 1 aromatic carbocycles. The SMILES string of the molecule is CN1CCC(c2ccccc2)(N2CCN(C(=O)C(C)(C)C)CC2)CC1. The number of benzene rings is 1. The van der Waals surface area contributed by atoms with Gasteiger partial charge in [0.15, 0.2) is 0 Å². The lowest BCUT2D eigenvalue weighted by atomic mass is 9.79. The van der Waals surface area contributed by atoms with Crippen LogP contribution in [0.25, 0.3) is 0 Å². The first-order valence-electron chi connectivity index (χ1n) is 9.61. The molecule has 25 heavy (non-hydrogen) atoms. The van der Waals surface area contributed by atoms with Gasteiger partial charge in [0, 0.05) is 37.1 Å². The van der Waals surface area contributed by atoms with Crippen LogP contribution < -0.4 is 0 Å². The Hall–Kier alpha value is -1.39. The number of hydrogen-bond donors (Lipinski definition) is 0. The molecule has 3 rings (SSSR count). The predicted molar refractivity (Wildman–Crippen MR) is 102 cm³/mol. The lowest BCUT2D eigenvalue weighted by Gasteiger charge is -2.52. The van der Waals surface area contributed by atoms with Gasteiger partial charge in [0.1, 0.15) is 0 Å². The monoisotopic (exact) mass is 343 g/mol. The molecule has 2 saturated heterocycles. The van der Waals surface area contributed by atoms with Crippen molar-refractivity contribution in [3.05, 3.63) is 35.9 Å². The Labute approximate surface area is 152 Å². The van der Waals surface area contributed by atoms with E-state index in [1.54, 1.807) is 0 Å². The van der Waals surface area contributed by atoms with Crippen molar-refractivity contribution in [1.82, 2.24) is 14.7 Å². The fourth-order valence-electron chi connectivity index (χ4n) is 4.34. The number of piperidine rings is 1. The van der Waals surface area contributed by atoms with E-state index >= 15 is 0 Å². The van der Waals surface area contributed by atoms with E-state index in [1.807, 2.05) is 20.8 Å². The van der Waals surface area contributed by atoms with E-state index in [-0.39, 0.29) is 16.9 Å². The second-order valence-corrected chi connectivity index (χ2v) is 8.73. The smallest absolute Gasteiger partial charge is 0.228 e. The lowest BCUT2D eigenvalue weighted by Crippen LogP contribution is -2.60. The fraction of sp³-hybridized carbons (Fsp3) is 0.667. The number of rotatable bonds is 2. The summed E-state index contributed by atoms with van der Waals surface area (Å²) in [6.07, 6.45) is 2.33. The van der Waals surface area contributed by atoms with Crippen LogP contribution in [0.2, 0.25) is 0 Å². The summed E-state index contributed by atoms with van der Waals surface area (Å²) in [4.78, 5) is 19.7. The van der Waals surface area contributed by atoms with E-state index in [9.17, 15) is 4.79 Å². The highest BCUT2D eigenvalue weighted by atomic mass is 16.2. The van der Waals surface area contributed by atoms with E-state index in [2.05, 4.69) is 52.1 Å². The molecule has 2 fully saturated rings. The van der Waals surface area contributed by atoms with Crippen LogP contribution in [-0.4, -0.2) is 66.9 Å². The van der Waals surface area contributed by atoms with Crippen molar-refractivity contribution in [3.8, 4) is 0 Å². The van der Waals surface area contributed by atoms with Crippen LogP contribution >= 0.6 is 0 Å². The van der Waals surface area contributed by atoms with Crippen molar-refractivity contribution in [2.75, 3.05) is 46.3 Å². The minimum atomic E-state index is -0.285. The van der Waals surface area contributed by atoms with Gasteiger partial charge in [-0.2, -0.15) is 0 Å². The van der Waals surface area contributed by atoms with Gasteiger partial charge in [-0.25, -0.2) is 0 Å². The number of nitrogens with zero attached hydrogens (tertiary/aromatic N) is 3. The van der Waals surface area contributed by atoms with Crippen LogP contribution in [0.1, 0.15) is 39.2 Å². The van der Waals surface area contributed by atoms with Crippen molar-refractivity contribution in [2.45, 2.75) is 39.2 Å². The van der Waals surface area contributed by atoms with E-state index in [0.717, 1.165) is 39.3 Å². The summed E-state index contributed by atoms with van der Waals surface area (Å²) < 4.78 is 0. The zero-order valence-corrected chi connectivity index (χ0v) is 16.3. The third-order valence-corrected chi connectivity index (χ3v) is 5.94. The van der Waals surface area contributed by atoms with Crippen LogP contribution in [0, 0.1) is 5.41 Å². The van der Waals surface area contributed by atoms with Crippen molar-refractivity contribution in [1.29, 1.82) is 0 Å². The average Bonchev–Trinajstić information content (AvgIpc) is 2.62. The molecule has 0 N–H and O–H groups in total. The first-order valence-corrected chi connectivity index (χ1v) is 9.61. The predicted octanol–water partition coefficient (Wildman–Crippen LogP) is 2.80. The molecular formula is C21H33N3O. The second-order valence-electron chi connectivity index (χ2n) is 8.73. The van der Waals surface area contributed by atoms with Gasteiger partial charge in [0.05, 0.1) is 0 Å². The molecular weight excluding hydrogens is 310 g/mol. The first-order chi connectivity index (χ1) is 11.8.